The first-order chi connectivity index (χ1) is 9.45. The van der Waals surface area contributed by atoms with Crippen molar-refractivity contribution in [3.63, 3.8) is 0 Å². The Hall–Kier alpha value is -1.10. The van der Waals surface area contributed by atoms with Crippen molar-refractivity contribution in [1.29, 1.82) is 0 Å². The molecule has 3 unspecified atom stereocenters. The van der Waals surface area contributed by atoms with Crippen LogP contribution in [0.5, 0.6) is 0 Å². The van der Waals surface area contributed by atoms with E-state index in [2.05, 4.69) is 5.32 Å². The third-order valence-electron chi connectivity index (χ3n) is 4.07. The number of carbonyl (C=O) groups excluding carboxylic acids is 2. The van der Waals surface area contributed by atoms with E-state index in [1.54, 1.807) is 7.05 Å². The number of nitrogens with two attached hydrogens (primary N) is 1. The van der Waals surface area contributed by atoms with Crippen molar-refractivity contribution >= 4 is 11.8 Å². The number of nitrogens with one attached hydrogen (secondary N) is 1. The molecule has 0 saturated carbocycles. The largest absolute Gasteiger partial charge is 0.359 e. The third kappa shape index (κ3) is 5.12. The first kappa shape index (κ1) is 17.0. The normalized spacial score (nSPS) is 22.2. The van der Waals surface area contributed by atoms with Crippen LogP contribution in [0.3, 0.4) is 0 Å². The molecule has 2 amide bonds. The maximum absolute atomic E-state index is 12.4. The van der Waals surface area contributed by atoms with Crippen molar-refractivity contribution in [1.82, 2.24) is 10.2 Å². The molecular weight excluding hydrogens is 254 g/mol. The van der Waals surface area contributed by atoms with Gasteiger partial charge in [-0.2, -0.15) is 0 Å². The van der Waals surface area contributed by atoms with Crippen molar-refractivity contribution in [2.24, 2.45) is 17.6 Å². The zero-order valence-corrected chi connectivity index (χ0v) is 13.0. The van der Waals surface area contributed by atoms with Gasteiger partial charge in [-0.15, -0.1) is 0 Å². The average molecular weight is 283 g/mol. The van der Waals surface area contributed by atoms with E-state index in [0.717, 1.165) is 38.6 Å². The number of hydrogen-bond donors (Lipinski definition) is 2. The van der Waals surface area contributed by atoms with Gasteiger partial charge in [-0.1, -0.05) is 13.3 Å². The van der Waals surface area contributed by atoms with Crippen LogP contribution in [0.4, 0.5) is 0 Å². The molecule has 5 heteroatoms. The van der Waals surface area contributed by atoms with Gasteiger partial charge >= 0.3 is 0 Å². The van der Waals surface area contributed by atoms with Crippen LogP contribution in [0.1, 0.15) is 46.0 Å². The van der Waals surface area contributed by atoms with Crippen molar-refractivity contribution < 1.29 is 9.59 Å². The molecule has 1 heterocycles. The SMILES string of the molecule is CNC(=O)C1CCCN(C(=O)C(C)CCCC(C)N)C1. The van der Waals surface area contributed by atoms with Crippen LogP contribution >= 0.6 is 0 Å². The van der Waals surface area contributed by atoms with Gasteiger partial charge in [0.05, 0.1) is 5.92 Å². The van der Waals surface area contributed by atoms with Gasteiger partial charge in [-0.25, -0.2) is 0 Å². The molecule has 116 valence electrons. The Bertz CT molecular complexity index is 331. The number of carbonyl (C=O) groups is 2. The van der Waals surface area contributed by atoms with E-state index >= 15 is 0 Å². The second-order valence-corrected chi connectivity index (χ2v) is 6.05. The van der Waals surface area contributed by atoms with E-state index in [4.69, 9.17) is 5.73 Å². The molecule has 1 saturated heterocycles. The predicted octanol–water partition coefficient (Wildman–Crippen LogP) is 1.12. The van der Waals surface area contributed by atoms with E-state index in [-0.39, 0.29) is 29.7 Å². The summed E-state index contributed by atoms with van der Waals surface area (Å²) in [5.41, 5.74) is 5.72. The van der Waals surface area contributed by atoms with Gasteiger partial charge in [0.25, 0.3) is 0 Å². The van der Waals surface area contributed by atoms with Crippen LogP contribution in [0.2, 0.25) is 0 Å². The molecule has 3 N–H and O–H groups in total. The fourth-order valence-electron chi connectivity index (χ4n) is 2.78. The summed E-state index contributed by atoms with van der Waals surface area (Å²) in [6.45, 7) is 5.32. The van der Waals surface area contributed by atoms with Gasteiger partial charge in [0.2, 0.25) is 11.8 Å². The minimum Gasteiger partial charge on any atom is -0.359 e. The maximum Gasteiger partial charge on any atom is 0.225 e. The minimum atomic E-state index is -0.0473. The van der Waals surface area contributed by atoms with E-state index in [1.807, 2.05) is 18.7 Å². The molecule has 0 aromatic heterocycles. The van der Waals surface area contributed by atoms with Crippen molar-refractivity contribution in [3.8, 4) is 0 Å². The molecule has 0 spiro atoms. The van der Waals surface area contributed by atoms with Gasteiger partial charge in [0.1, 0.15) is 0 Å². The van der Waals surface area contributed by atoms with Crippen LogP contribution in [0.15, 0.2) is 0 Å². The lowest BCUT2D eigenvalue weighted by Crippen LogP contribution is -2.46. The number of hydrogen-bond acceptors (Lipinski definition) is 3. The molecule has 0 aromatic carbocycles. The zero-order chi connectivity index (χ0) is 15.1. The van der Waals surface area contributed by atoms with Crippen molar-refractivity contribution in [2.45, 2.75) is 52.0 Å². The molecule has 5 nitrogen and oxygen atoms in total. The molecule has 1 aliphatic heterocycles. The lowest BCUT2D eigenvalue weighted by molar-refractivity contribution is -0.139. The second-order valence-electron chi connectivity index (χ2n) is 6.05. The van der Waals surface area contributed by atoms with Crippen molar-refractivity contribution in [2.75, 3.05) is 20.1 Å². The second kappa shape index (κ2) is 8.25. The summed E-state index contributed by atoms with van der Waals surface area (Å²) in [5, 5.41) is 2.68. The number of piperidine rings is 1. The van der Waals surface area contributed by atoms with Crippen LogP contribution in [0.25, 0.3) is 0 Å². The van der Waals surface area contributed by atoms with E-state index < -0.39 is 0 Å². The maximum atomic E-state index is 12.4. The van der Waals surface area contributed by atoms with Crippen molar-refractivity contribution in [3.05, 3.63) is 0 Å². The van der Waals surface area contributed by atoms with Gasteiger partial charge in [0, 0.05) is 32.1 Å². The molecule has 0 aliphatic carbocycles. The molecule has 0 bridgehead atoms. The molecule has 1 rings (SSSR count). The highest BCUT2D eigenvalue weighted by Gasteiger charge is 2.29. The highest BCUT2D eigenvalue weighted by atomic mass is 16.2. The molecule has 0 aromatic rings. The lowest BCUT2D eigenvalue weighted by Gasteiger charge is -2.33. The monoisotopic (exact) mass is 283 g/mol. The Morgan fingerprint density at radius 3 is 2.65 bits per heavy atom. The Labute approximate surface area is 122 Å². The molecule has 3 atom stereocenters. The quantitative estimate of drug-likeness (QED) is 0.767. The average Bonchev–Trinajstić information content (AvgIpc) is 2.45. The molecule has 0 radical (unpaired) electrons. The van der Waals surface area contributed by atoms with E-state index in [0.29, 0.717) is 6.54 Å². The standard InChI is InChI=1S/C15H29N3O2/c1-11(6-4-7-12(2)16)15(20)18-9-5-8-13(10-18)14(19)17-3/h11-13H,4-10,16H2,1-3H3,(H,17,19). The highest BCUT2D eigenvalue weighted by Crippen LogP contribution is 2.20. The van der Waals surface area contributed by atoms with Crippen LogP contribution in [-0.2, 0) is 9.59 Å². The van der Waals surface area contributed by atoms with Crippen LogP contribution < -0.4 is 11.1 Å². The summed E-state index contributed by atoms with van der Waals surface area (Å²) in [6, 6.07) is 0.199. The highest BCUT2D eigenvalue weighted by molar-refractivity contribution is 5.82. The van der Waals surface area contributed by atoms with Gasteiger partial charge in [0.15, 0.2) is 0 Å². The predicted molar refractivity (Wildman–Crippen MR) is 80.0 cm³/mol. The Morgan fingerprint density at radius 1 is 1.35 bits per heavy atom. The summed E-state index contributed by atoms with van der Waals surface area (Å²) in [5.74, 6) is 0.210. The van der Waals surface area contributed by atoms with Gasteiger partial charge in [-0.3, -0.25) is 9.59 Å². The number of likely N-dealkylation sites (tertiary alicyclic amines) is 1. The summed E-state index contributed by atoms with van der Waals surface area (Å²) < 4.78 is 0. The smallest absolute Gasteiger partial charge is 0.225 e. The lowest BCUT2D eigenvalue weighted by atomic mass is 9.94. The van der Waals surface area contributed by atoms with E-state index in [9.17, 15) is 9.59 Å². The third-order valence-corrected chi connectivity index (χ3v) is 4.07. The zero-order valence-electron chi connectivity index (χ0n) is 13.0. The Kier molecular flexibility index (Phi) is 6.99. The summed E-state index contributed by atoms with van der Waals surface area (Å²) in [6.07, 6.45) is 4.61. The minimum absolute atomic E-state index is 0.0252. The number of amides is 2. The molecule has 1 fully saturated rings. The van der Waals surface area contributed by atoms with Gasteiger partial charge < -0.3 is 16.0 Å². The summed E-state index contributed by atoms with van der Waals surface area (Å²) in [7, 11) is 1.65. The summed E-state index contributed by atoms with van der Waals surface area (Å²) >= 11 is 0. The first-order valence-electron chi connectivity index (χ1n) is 7.71. The van der Waals surface area contributed by atoms with Gasteiger partial charge in [-0.05, 0) is 32.6 Å². The topological polar surface area (TPSA) is 75.4 Å². The summed E-state index contributed by atoms with van der Waals surface area (Å²) in [4.78, 5) is 25.9. The molecule has 20 heavy (non-hydrogen) atoms. The Morgan fingerprint density at radius 2 is 2.05 bits per heavy atom. The fourth-order valence-corrected chi connectivity index (χ4v) is 2.78. The Balaban J connectivity index is 2.43. The molecular formula is C15H29N3O2. The van der Waals surface area contributed by atoms with Crippen LogP contribution in [0, 0.1) is 11.8 Å². The fraction of sp³-hybridized carbons (Fsp3) is 0.867. The first-order valence-corrected chi connectivity index (χ1v) is 7.71. The van der Waals surface area contributed by atoms with E-state index in [1.165, 1.54) is 0 Å². The van der Waals surface area contributed by atoms with Crippen LogP contribution in [-0.4, -0.2) is 42.9 Å². The molecule has 1 aliphatic rings. The number of nitrogens with zero attached hydrogens (tertiary/aromatic N) is 1. The number of rotatable bonds is 6.